The first-order valence-corrected chi connectivity index (χ1v) is 11.2. The number of rotatable bonds is 12. The number of carboxylic acid groups (broad SMARTS) is 1. The molecule has 0 fully saturated rings. The van der Waals surface area contributed by atoms with E-state index >= 15 is 0 Å². The second-order valence-corrected chi connectivity index (χ2v) is 8.48. The number of ether oxygens (including phenoxy) is 1. The standard InChI is InChI=1S/C25H28F2N4O4/c1-16(2)11-20(30-19-6-3-17(4-7-19)25(34)28-10-9-24(32)33)15-35-21-13-29-31(14-21)23-8-5-18(26)12-22(23)27/h3-8,12-14,16,20,30H,9-11,15H2,1-2H3,(H,28,34)(H,32,33)/t20-/m0/s1. The molecular formula is C25H28F2N4O4. The van der Waals surface area contributed by atoms with Crippen LogP contribution >= 0.6 is 0 Å². The van der Waals surface area contributed by atoms with Crippen LogP contribution in [0.3, 0.4) is 0 Å². The van der Waals surface area contributed by atoms with Gasteiger partial charge >= 0.3 is 5.97 Å². The van der Waals surface area contributed by atoms with Crippen LogP contribution in [0.5, 0.6) is 5.75 Å². The van der Waals surface area contributed by atoms with E-state index in [-0.39, 0.29) is 30.6 Å². The lowest BCUT2D eigenvalue weighted by Crippen LogP contribution is -2.29. The number of nitrogens with one attached hydrogen (secondary N) is 2. The fourth-order valence-electron chi connectivity index (χ4n) is 3.45. The number of amides is 1. The van der Waals surface area contributed by atoms with Crippen molar-refractivity contribution in [3.05, 3.63) is 72.1 Å². The maximum atomic E-state index is 14.0. The average Bonchev–Trinajstić information content (AvgIpc) is 3.26. The molecular weight excluding hydrogens is 458 g/mol. The molecule has 35 heavy (non-hydrogen) atoms. The summed E-state index contributed by atoms with van der Waals surface area (Å²) in [6, 6.07) is 10.1. The van der Waals surface area contributed by atoms with E-state index in [1.807, 2.05) is 0 Å². The van der Waals surface area contributed by atoms with Crippen molar-refractivity contribution in [2.45, 2.75) is 32.7 Å². The molecule has 3 N–H and O–H groups in total. The first-order valence-electron chi connectivity index (χ1n) is 11.2. The van der Waals surface area contributed by atoms with Gasteiger partial charge in [-0.05, 0) is 48.7 Å². The lowest BCUT2D eigenvalue weighted by molar-refractivity contribution is -0.136. The number of halogens is 2. The van der Waals surface area contributed by atoms with Crippen LogP contribution in [0.15, 0.2) is 54.9 Å². The van der Waals surface area contributed by atoms with Gasteiger partial charge in [-0.2, -0.15) is 5.10 Å². The van der Waals surface area contributed by atoms with Gasteiger partial charge in [0, 0.05) is 23.9 Å². The van der Waals surface area contributed by atoms with Gasteiger partial charge in [-0.3, -0.25) is 9.59 Å². The van der Waals surface area contributed by atoms with Crippen LogP contribution in [0.1, 0.15) is 37.0 Å². The molecule has 1 atom stereocenters. The van der Waals surface area contributed by atoms with Gasteiger partial charge in [-0.15, -0.1) is 0 Å². The van der Waals surface area contributed by atoms with Gasteiger partial charge < -0.3 is 20.5 Å². The van der Waals surface area contributed by atoms with Crippen molar-refractivity contribution in [1.29, 1.82) is 0 Å². The zero-order valence-corrected chi connectivity index (χ0v) is 19.5. The summed E-state index contributed by atoms with van der Waals surface area (Å²) in [4.78, 5) is 22.7. The molecule has 0 saturated carbocycles. The van der Waals surface area contributed by atoms with Crippen LogP contribution in [0.4, 0.5) is 14.5 Å². The zero-order chi connectivity index (χ0) is 25.4. The summed E-state index contributed by atoms with van der Waals surface area (Å²) in [5.41, 5.74) is 1.34. The van der Waals surface area contributed by atoms with Crippen molar-refractivity contribution in [2.24, 2.45) is 5.92 Å². The Morgan fingerprint density at radius 2 is 1.89 bits per heavy atom. The van der Waals surface area contributed by atoms with Gasteiger partial charge in [0.25, 0.3) is 5.91 Å². The number of aliphatic carboxylic acids is 1. The van der Waals surface area contributed by atoms with E-state index in [1.54, 1.807) is 24.3 Å². The minimum Gasteiger partial charge on any atom is -0.488 e. The number of aromatic nitrogens is 2. The zero-order valence-electron chi connectivity index (χ0n) is 19.5. The second kappa shape index (κ2) is 12.0. The first kappa shape index (κ1) is 25.7. The van der Waals surface area contributed by atoms with E-state index in [9.17, 15) is 18.4 Å². The smallest absolute Gasteiger partial charge is 0.305 e. The van der Waals surface area contributed by atoms with Crippen molar-refractivity contribution in [2.75, 3.05) is 18.5 Å². The molecule has 0 aliphatic heterocycles. The molecule has 0 aliphatic carbocycles. The van der Waals surface area contributed by atoms with E-state index in [1.165, 1.54) is 23.1 Å². The molecule has 10 heteroatoms. The SMILES string of the molecule is CC(C)C[C@@H](COc1cnn(-c2ccc(F)cc2F)c1)Nc1ccc(C(=O)NCCC(=O)O)cc1. The number of carboxylic acids is 1. The number of hydrogen-bond acceptors (Lipinski definition) is 5. The summed E-state index contributed by atoms with van der Waals surface area (Å²) in [5.74, 6) is -1.88. The Kier molecular flexibility index (Phi) is 8.77. The van der Waals surface area contributed by atoms with Crippen molar-refractivity contribution in [1.82, 2.24) is 15.1 Å². The third kappa shape index (κ3) is 7.80. The molecule has 0 radical (unpaired) electrons. The van der Waals surface area contributed by atoms with E-state index < -0.39 is 17.6 Å². The Balaban J connectivity index is 1.59. The summed E-state index contributed by atoms with van der Waals surface area (Å²) < 4.78 is 34.3. The van der Waals surface area contributed by atoms with Crippen LogP contribution in [0, 0.1) is 17.6 Å². The Labute approximate surface area is 201 Å². The molecule has 3 aromatic rings. The molecule has 0 aliphatic rings. The highest BCUT2D eigenvalue weighted by Gasteiger charge is 2.15. The predicted octanol–water partition coefficient (Wildman–Crippen LogP) is 4.26. The van der Waals surface area contributed by atoms with Gasteiger partial charge in [0.05, 0.1) is 24.9 Å². The van der Waals surface area contributed by atoms with Crippen molar-refractivity contribution in [3.63, 3.8) is 0 Å². The topological polar surface area (TPSA) is 105 Å². The van der Waals surface area contributed by atoms with Gasteiger partial charge in [0.2, 0.25) is 0 Å². The summed E-state index contributed by atoms with van der Waals surface area (Å²) in [7, 11) is 0. The number of anilines is 1. The van der Waals surface area contributed by atoms with Gasteiger partial charge in [0.15, 0.2) is 11.6 Å². The third-order valence-electron chi connectivity index (χ3n) is 5.06. The van der Waals surface area contributed by atoms with Gasteiger partial charge in [-0.25, -0.2) is 13.5 Å². The molecule has 1 aromatic heterocycles. The molecule has 1 heterocycles. The molecule has 1 amide bonds. The minimum atomic E-state index is -0.974. The molecule has 186 valence electrons. The fourth-order valence-corrected chi connectivity index (χ4v) is 3.45. The van der Waals surface area contributed by atoms with Crippen molar-refractivity contribution < 1.29 is 28.2 Å². The fraction of sp³-hybridized carbons (Fsp3) is 0.320. The molecule has 3 rings (SSSR count). The number of carbonyl (C=O) groups is 2. The van der Waals surface area contributed by atoms with Crippen LogP contribution in [-0.4, -0.2) is 46.0 Å². The summed E-state index contributed by atoms with van der Waals surface area (Å²) in [6.45, 7) is 4.56. The number of nitrogens with zero attached hydrogens (tertiary/aromatic N) is 2. The molecule has 0 spiro atoms. The van der Waals surface area contributed by atoms with Crippen LogP contribution in [0.25, 0.3) is 5.69 Å². The lowest BCUT2D eigenvalue weighted by atomic mass is 10.0. The first-order chi connectivity index (χ1) is 16.7. The Morgan fingerprint density at radius 3 is 2.54 bits per heavy atom. The van der Waals surface area contributed by atoms with Crippen LogP contribution in [-0.2, 0) is 4.79 Å². The summed E-state index contributed by atoms with van der Waals surface area (Å²) >= 11 is 0. The van der Waals surface area contributed by atoms with E-state index in [0.29, 0.717) is 23.8 Å². The third-order valence-corrected chi connectivity index (χ3v) is 5.06. The molecule has 0 bridgehead atoms. The second-order valence-electron chi connectivity index (χ2n) is 8.48. The van der Waals surface area contributed by atoms with Crippen LogP contribution < -0.4 is 15.4 Å². The van der Waals surface area contributed by atoms with Crippen molar-refractivity contribution >= 4 is 17.6 Å². The van der Waals surface area contributed by atoms with E-state index in [0.717, 1.165) is 24.2 Å². The largest absolute Gasteiger partial charge is 0.488 e. The van der Waals surface area contributed by atoms with Gasteiger partial charge in [-0.1, -0.05) is 13.8 Å². The Bertz CT molecular complexity index is 1150. The maximum absolute atomic E-state index is 14.0. The highest BCUT2D eigenvalue weighted by atomic mass is 19.1. The van der Waals surface area contributed by atoms with E-state index in [2.05, 4.69) is 29.6 Å². The van der Waals surface area contributed by atoms with Gasteiger partial charge in [0.1, 0.15) is 18.1 Å². The average molecular weight is 487 g/mol. The number of hydrogen-bond donors (Lipinski definition) is 3. The lowest BCUT2D eigenvalue weighted by Gasteiger charge is -2.22. The van der Waals surface area contributed by atoms with E-state index in [4.69, 9.17) is 9.84 Å². The quantitative estimate of drug-likeness (QED) is 0.353. The number of carbonyl (C=O) groups excluding carboxylic acids is 1. The molecule has 0 unspecified atom stereocenters. The maximum Gasteiger partial charge on any atom is 0.305 e. The normalized spacial score (nSPS) is 11.8. The monoisotopic (exact) mass is 486 g/mol. The Hall–Kier alpha value is -3.95. The molecule has 2 aromatic carbocycles. The predicted molar refractivity (Wildman–Crippen MR) is 127 cm³/mol. The highest BCUT2D eigenvalue weighted by molar-refractivity contribution is 5.94. The molecule has 0 saturated heterocycles. The van der Waals surface area contributed by atoms with Crippen molar-refractivity contribution in [3.8, 4) is 11.4 Å². The van der Waals surface area contributed by atoms with Crippen LogP contribution in [0.2, 0.25) is 0 Å². The summed E-state index contributed by atoms with van der Waals surface area (Å²) in [5, 5.41) is 18.7. The summed E-state index contributed by atoms with van der Waals surface area (Å²) in [6.07, 6.45) is 3.66. The number of benzene rings is 2. The molecule has 8 nitrogen and oxygen atoms in total. The highest BCUT2D eigenvalue weighted by Crippen LogP contribution is 2.19. The minimum absolute atomic E-state index is 0.0591. The Morgan fingerprint density at radius 1 is 1.14 bits per heavy atom.